The number of hydrazone groups is 1. The topological polar surface area (TPSA) is 63.5 Å². The van der Waals surface area contributed by atoms with Crippen molar-refractivity contribution >= 4 is 33.2 Å². The highest BCUT2D eigenvalue weighted by Crippen LogP contribution is 2.22. The number of hydrogen-bond acceptors (Lipinski definition) is 4. The maximum Gasteiger partial charge on any atom is 0.307 e. The first kappa shape index (κ1) is 12.1. The number of thiazole rings is 1. The lowest BCUT2D eigenvalue weighted by Crippen LogP contribution is -2.31. The maximum atomic E-state index is 11.6. The highest BCUT2D eigenvalue weighted by molar-refractivity contribution is 7.16. The maximum absolute atomic E-state index is 11.6. The summed E-state index contributed by atoms with van der Waals surface area (Å²) in [5, 5.41) is 4.14. The Hall–Kier alpha value is -1.95. The minimum atomic E-state index is -0.0553. The lowest BCUT2D eigenvalue weighted by Gasteiger charge is -2.19. The first-order valence-electron chi connectivity index (χ1n) is 6.02. The van der Waals surface area contributed by atoms with E-state index in [0.717, 1.165) is 21.5 Å². The number of carbonyl (C=O) groups excluding carboxylic acids is 1. The summed E-state index contributed by atoms with van der Waals surface area (Å²) in [5.74, 6) is 0.0297. The van der Waals surface area contributed by atoms with E-state index in [1.54, 1.807) is 11.6 Å². The fraction of sp³-hybridized carbons (Fsp3) is 0.308. The predicted molar refractivity (Wildman–Crippen MR) is 75.5 cm³/mol. The average Bonchev–Trinajstić information content (AvgIpc) is 2.65. The summed E-state index contributed by atoms with van der Waals surface area (Å²) in [5.41, 5.74) is 5.23. The summed E-state index contributed by atoms with van der Waals surface area (Å²) in [4.78, 5) is 22.9. The number of aromatic nitrogens is 1. The van der Waals surface area contributed by atoms with Crippen LogP contribution >= 0.6 is 11.3 Å². The van der Waals surface area contributed by atoms with Gasteiger partial charge < -0.3 is 4.57 Å². The fourth-order valence-electron chi connectivity index (χ4n) is 2.29. The Morgan fingerprint density at radius 1 is 1.42 bits per heavy atom. The Morgan fingerprint density at radius 3 is 2.95 bits per heavy atom. The van der Waals surface area contributed by atoms with E-state index in [1.807, 2.05) is 25.1 Å². The van der Waals surface area contributed by atoms with Gasteiger partial charge in [0.1, 0.15) is 0 Å². The van der Waals surface area contributed by atoms with Crippen molar-refractivity contribution < 1.29 is 4.79 Å². The molecule has 1 atom stereocenters. The minimum Gasteiger partial charge on any atom is -0.302 e. The van der Waals surface area contributed by atoms with Gasteiger partial charge in [0, 0.05) is 24.9 Å². The Morgan fingerprint density at radius 2 is 2.21 bits per heavy atom. The van der Waals surface area contributed by atoms with E-state index in [0.29, 0.717) is 6.42 Å². The molecule has 19 heavy (non-hydrogen) atoms. The van der Waals surface area contributed by atoms with E-state index in [-0.39, 0.29) is 16.7 Å². The number of carbonyl (C=O) groups is 1. The van der Waals surface area contributed by atoms with E-state index in [9.17, 15) is 9.59 Å². The van der Waals surface area contributed by atoms with Crippen molar-refractivity contribution in [1.29, 1.82) is 0 Å². The van der Waals surface area contributed by atoms with Crippen molar-refractivity contribution in [3.8, 4) is 0 Å². The summed E-state index contributed by atoms with van der Waals surface area (Å²) in [7, 11) is 1.76. The third kappa shape index (κ3) is 1.98. The zero-order chi connectivity index (χ0) is 13.6. The monoisotopic (exact) mass is 275 g/mol. The molecule has 0 spiro atoms. The van der Waals surface area contributed by atoms with Gasteiger partial charge in [0.2, 0.25) is 5.91 Å². The largest absolute Gasteiger partial charge is 0.307 e. The summed E-state index contributed by atoms with van der Waals surface area (Å²) < 4.78 is 2.60. The van der Waals surface area contributed by atoms with Gasteiger partial charge in [-0.15, -0.1) is 0 Å². The summed E-state index contributed by atoms with van der Waals surface area (Å²) in [6.45, 7) is 1.98. The van der Waals surface area contributed by atoms with E-state index < -0.39 is 0 Å². The predicted octanol–water partition coefficient (Wildman–Crippen LogP) is 1.46. The van der Waals surface area contributed by atoms with Gasteiger partial charge in [-0.2, -0.15) is 5.10 Å². The zero-order valence-electron chi connectivity index (χ0n) is 10.6. The Labute approximate surface area is 113 Å². The molecule has 3 rings (SSSR count). The molecular weight excluding hydrogens is 262 g/mol. The molecule has 98 valence electrons. The van der Waals surface area contributed by atoms with E-state index >= 15 is 0 Å². The van der Waals surface area contributed by atoms with Gasteiger partial charge in [-0.05, 0) is 12.1 Å². The van der Waals surface area contributed by atoms with Gasteiger partial charge in [0.05, 0.1) is 15.9 Å². The molecule has 0 radical (unpaired) electrons. The Bertz CT molecular complexity index is 757. The number of benzene rings is 1. The smallest absolute Gasteiger partial charge is 0.302 e. The first-order valence-corrected chi connectivity index (χ1v) is 6.84. The van der Waals surface area contributed by atoms with Crippen LogP contribution in [0.15, 0.2) is 28.1 Å². The second-order valence-electron chi connectivity index (χ2n) is 4.75. The average molecular weight is 275 g/mol. The molecular formula is C13H13N3O2S. The van der Waals surface area contributed by atoms with Crippen molar-refractivity contribution in [2.24, 2.45) is 18.1 Å². The second-order valence-corrected chi connectivity index (χ2v) is 5.74. The SMILES string of the molecule is CC1CC(=O)NN=C1c1ccc2sc(=O)n(C)c2c1. The summed E-state index contributed by atoms with van der Waals surface area (Å²) in [6.07, 6.45) is 0.444. The molecule has 1 aromatic heterocycles. The molecule has 0 saturated heterocycles. The van der Waals surface area contributed by atoms with Gasteiger partial charge >= 0.3 is 4.87 Å². The van der Waals surface area contributed by atoms with Crippen molar-refractivity contribution in [3.05, 3.63) is 33.4 Å². The Kier molecular flexibility index (Phi) is 2.74. The molecule has 0 fully saturated rings. The molecule has 1 N–H and O–H groups in total. The van der Waals surface area contributed by atoms with Crippen LogP contribution < -0.4 is 10.3 Å². The van der Waals surface area contributed by atoms with Crippen molar-refractivity contribution in [2.75, 3.05) is 0 Å². The van der Waals surface area contributed by atoms with Crippen LogP contribution in [0.25, 0.3) is 10.2 Å². The molecule has 1 unspecified atom stereocenters. The highest BCUT2D eigenvalue weighted by Gasteiger charge is 2.22. The van der Waals surface area contributed by atoms with Crippen molar-refractivity contribution in [3.63, 3.8) is 0 Å². The number of fused-ring (bicyclic) bond motifs is 1. The molecule has 5 nitrogen and oxygen atoms in total. The number of nitrogens with one attached hydrogen (secondary N) is 1. The molecule has 0 saturated carbocycles. The minimum absolute atomic E-state index is 0.0269. The van der Waals surface area contributed by atoms with Crippen LogP contribution in [0.4, 0.5) is 0 Å². The normalized spacial score (nSPS) is 19.4. The molecule has 0 bridgehead atoms. The third-order valence-electron chi connectivity index (χ3n) is 3.35. The van der Waals surface area contributed by atoms with Gasteiger partial charge in [0.15, 0.2) is 0 Å². The van der Waals surface area contributed by atoms with Crippen molar-refractivity contribution in [2.45, 2.75) is 13.3 Å². The van der Waals surface area contributed by atoms with E-state index in [2.05, 4.69) is 10.5 Å². The molecule has 6 heteroatoms. The number of nitrogens with zero attached hydrogens (tertiary/aromatic N) is 2. The molecule has 1 amide bonds. The van der Waals surface area contributed by atoms with Gasteiger partial charge in [-0.25, -0.2) is 5.43 Å². The highest BCUT2D eigenvalue weighted by atomic mass is 32.1. The molecule has 0 aliphatic carbocycles. The lowest BCUT2D eigenvalue weighted by molar-refractivity contribution is -0.121. The third-order valence-corrected chi connectivity index (χ3v) is 4.36. The van der Waals surface area contributed by atoms with Crippen molar-refractivity contribution in [1.82, 2.24) is 9.99 Å². The van der Waals surface area contributed by atoms with Crippen LogP contribution in [0.3, 0.4) is 0 Å². The summed E-state index contributed by atoms with van der Waals surface area (Å²) >= 11 is 1.23. The van der Waals surface area contributed by atoms with Crippen LogP contribution in [0, 0.1) is 5.92 Å². The van der Waals surface area contributed by atoms with Crippen LogP contribution in [0.5, 0.6) is 0 Å². The molecule has 1 aliphatic heterocycles. The molecule has 2 aromatic rings. The van der Waals surface area contributed by atoms with E-state index in [4.69, 9.17) is 0 Å². The lowest BCUT2D eigenvalue weighted by atomic mass is 9.94. The second kappa shape index (κ2) is 4.31. The number of amides is 1. The van der Waals surface area contributed by atoms with Crippen LogP contribution in [-0.4, -0.2) is 16.2 Å². The van der Waals surface area contributed by atoms with Gasteiger partial charge in [-0.1, -0.05) is 24.3 Å². The fourth-order valence-corrected chi connectivity index (χ4v) is 3.15. The quantitative estimate of drug-likeness (QED) is 0.856. The van der Waals surface area contributed by atoms with Crippen LogP contribution in [0.1, 0.15) is 18.9 Å². The first-order chi connectivity index (χ1) is 9.06. The van der Waals surface area contributed by atoms with Gasteiger partial charge in [-0.3, -0.25) is 9.59 Å². The van der Waals surface area contributed by atoms with E-state index in [1.165, 1.54) is 11.3 Å². The van der Waals surface area contributed by atoms with Crippen LogP contribution in [-0.2, 0) is 11.8 Å². The Balaban J connectivity index is 2.13. The number of aryl methyl sites for hydroxylation is 1. The zero-order valence-corrected chi connectivity index (χ0v) is 11.5. The number of rotatable bonds is 1. The molecule has 2 heterocycles. The number of hydrogen-bond donors (Lipinski definition) is 1. The van der Waals surface area contributed by atoms with Crippen LogP contribution in [0.2, 0.25) is 0 Å². The summed E-state index contributed by atoms with van der Waals surface area (Å²) in [6, 6.07) is 5.84. The standard InChI is InChI=1S/C13H13N3O2S/c1-7-5-11(17)14-15-12(7)8-3-4-10-9(6-8)16(2)13(18)19-10/h3-4,6-7H,5H2,1-2H3,(H,14,17). The molecule has 1 aliphatic rings. The van der Waals surface area contributed by atoms with Gasteiger partial charge in [0.25, 0.3) is 0 Å². The molecule has 1 aromatic carbocycles.